The molecule has 1 aliphatic carbocycles. The molecule has 57 heavy (non-hydrogen) atoms. The fourth-order valence-corrected chi connectivity index (χ4v) is 7.35. The van der Waals surface area contributed by atoms with Crippen molar-refractivity contribution < 1.29 is 33.9 Å². The molecule has 0 aliphatic heterocycles. The fraction of sp³-hybridized carbons (Fsp3) is 0.591. The van der Waals surface area contributed by atoms with E-state index in [4.69, 9.17) is 5.73 Å². The van der Waals surface area contributed by atoms with Crippen molar-refractivity contribution in [2.45, 2.75) is 142 Å². The number of nitrogens with one attached hydrogen (secondary N) is 4. The zero-order chi connectivity index (χ0) is 41.9. The summed E-state index contributed by atoms with van der Waals surface area (Å²) in [6.07, 6.45) is 4.97. The molecular weight excluding hydrogens is 725 g/mol. The van der Waals surface area contributed by atoms with Crippen molar-refractivity contribution in [1.82, 2.24) is 26.2 Å². The molecule has 0 bridgehead atoms. The molecule has 1 aliphatic rings. The summed E-state index contributed by atoms with van der Waals surface area (Å²) in [6, 6.07) is 14.6. The molecule has 2 aromatic rings. The van der Waals surface area contributed by atoms with Crippen molar-refractivity contribution in [3.63, 3.8) is 0 Å². The molecule has 0 heterocycles. The van der Waals surface area contributed by atoms with Crippen LogP contribution in [0.3, 0.4) is 0 Å². The van der Waals surface area contributed by atoms with Gasteiger partial charge in [0.2, 0.25) is 29.5 Å². The SMILES string of the molecule is CCN(CCCC[C@H](NC(=O)[C@H](Cc1ccccc1)NC(=O)[C@H](C)NC(=O)[C@H](Cc1ccccc1)NC(=O)C1CCCCC1)C(=O)C[C@H](C(N)=O)[C@@H](C)O)C(C)C. The molecule has 314 valence electrons. The molecule has 6 atom stereocenters. The van der Waals surface area contributed by atoms with E-state index in [1.54, 1.807) is 0 Å². The van der Waals surface area contributed by atoms with Crippen LogP contribution >= 0.6 is 0 Å². The second kappa shape index (κ2) is 24.2. The first-order chi connectivity index (χ1) is 27.2. The Hall–Kier alpha value is -4.62. The van der Waals surface area contributed by atoms with Gasteiger partial charge in [0, 0.05) is 31.2 Å². The average Bonchev–Trinajstić information content (AvgIpc) is 3.19. The predicted octanol–water partition coefficient (Wildman–Crippen LogP) is 3.35. The van der Waals surface area contributed by atoms with E-state index >= 15 is 0 Å². The molecule has 13 heteroatoms. The van der Waals surface area contributed by atoms with Gasteiger partial charge in [-0.15, -0.1) is 0 Å². The third-order valence-electron chi connectivity index (χ3n) is 11.0. The number of hydrogen-bond acceptors (Lipinski definition) is 8. The minimum Gasteiger partial charge on any atom is -0.393 e. The number of hydrogen-bond donors (Lipinski definition) is 6. The molecule has 0 radical (unpaired) electrons. The summed E-state index contributed by atoms with van der Waals surface area (Å²) in [6.45, 7) is 10.9. The van der Waals surface area contributed by atoms with Gasteiger partial charge in [0.1, 0.15) is 18.1 Å². The lowest BCUT2D eigenvalue weighted by Crippen LogP contribution is -2.58. The molecule has 0 spiro atoms. The maximum absolute atomic E-state index is 14.1. The van der Waals surface area contributed by atoms with Crippen LogP contribution in [0.4, 0.5) is 0 Å². The smallest absolute Gasteiger partial charge is 0.243 e. The van der Waals surface area contributed by atoms with Crippen molar-refractivity contribution in [2.24, 2.45) is 17.6 Å². The van der Waals surface area contributed by atoms with Crippen molar-refractivity contribution >= 4 is 35.3 Å². The number of ketones is 1. The van der Waals surface area contributed by atoms with Crippen LogP contribution in [-0.4, -0.2) is 94.7 Å². The lowest BCUT2D eigenvalue weighted by atomic mass is 9.88. The molecule has 13 nitrogen and oxygen atoms in total. The van der Waals surface area contributed by atoms with Crippen molar-refractivity contribution in [1.29, 1.82) is 0 Å². The van der Waals surface area contributed by atoms with E-state index in [0.717, 1.165) is 62.7 Å². The van der Waals surface area contributed by atoms with Gasteiger partial charge >= 0.3 is 0 Å². The van der Waals surface area contributed by atoms with Crippen LogP contribution in [0.1, 0.15) is 104 Å². The number of Topliss-reactive ketones (excluding diaryl/α,β-unsaturated/α-hetero) is 1. The second-order valence-electron chi connectivity index (χ2n) is 15.8. The topological polar surface area (TPSA) is 200 Å². The van der Waals surface area contributed by atoms with Gasteiger partial charge in [-0.2, -0.15) is 0 Å². The molecule has 2 aromatic carbocycles. The first-order valence-electron chi connectivity index (χ1n) is 20.7. The Morgan fingerprint density at radius 3 is 1.75 bits per heavy atom. The van der Waals surface area contributed by atoms with Gasteiger partial charge in [-0.1, -0.05) is 86.8 Å². The molecular formula is C44H66N6O7. The van der Waals surface area contributed by atoms with Crippen LogP contribution in [0.2, 0.25) is 0 Å². The third kappa shape index (κ3) is 16.0. The highest BCUT2D eigenvalue weighted by Crippen LogP contribution is 2.24. The lowest BCUT2D eigenvalue weighted by molar-refractivity contribution is -0.135. The Morgan fingerprint density at radius 1 is 0.719 bits per heavy atom. The van der Waals surface area contributed by atoms with Gasteiger partial charge in [0.25, 0.3) is 0 Å². The summed E-state index contributed by atoms with van der Waals surface area (Å²) in [5.41, 5.74) is 7.11. The maximum atomic E-state index is 14.1. The van der Waals surface area contributed by atoms with Gasteiger partial charge in [-0.05, 0) is 84.0 Å². The largest absolute Gasteiger partial charge is 0.393 e. The van der Waals surface area contributed by atoms with Gasteiger partial charge in [-0.25, -0.2) is 0 Å². The normalized spacial score (nSPS) is 16.4. The number of rotatable bonds is 24. The summed E-state index contributed by atoms with van der Waals surface area (Å²) >= 11 is 0. The zero-order valence-electron chi connectivity index (χ0n) is 34.5. The van der Waals surface area contributed by atoms with Crippen molar-refractivity contribution in [3.05, 3.63) is 71.8 Å². The summed E-state index contributed by atoms with van der Waals surface area (Å²) in [5.74, 6) is -4.51. The number of carbonyl (C=O) groups is 6. The van der Waals surface area contributed by atoms with Gasteiger partial charge in [0.05, 0.1) is 18.1 Å². The molecule has 7 N–H and O–H groups in total. The van der Waals surface area contributed by atoms with E-state index in [1.807, 2.05) is 60.7 Å². The number of primary amides is 1. The Bertz CT molecular complexity index is 1580. The molecule has 0 aromatic heterocycles. The van der Waals surface area contributed by atoms with E-state index < -0.39 is 65.6 Å². The Labute approximate surface area is 338 Å². The second-order valence-corrected chi connectivity index (χ2v) is 15.8. The van der Waals surface area contributed by atoms with Crippen molar-refractivity contribution in [2.75, 3.05) is 13.1 Å². The lowest BCUT2D eigenvalue weighted by Gasteiger charge is -2.27. The molecule has 5 amide bonds. The zero-order valence-corrected chi connectivity index (χ0v) is 34.5. The molecule has 1 fully saturated rings. The number of amides is 5. The van der Waals surface area contributed by atoms with Crippen LogP contribution in [0.15, 0.2) is 60.7 Å². The highest BCUT2D eigenvalue weighted by atomic mass is 16.3. The number of aliphatic hydroxyl groups excluding tert-OH is 1. The summed E-state index contributed by atoms with van der Waals surface area (Å²) in [7, 11) is 0. The minimum atomic E-state index is -1.17. The van der Waals surface area contributed by atoms with Crippen LogP contribution < -0.4 is 27.0 Å². The first kappa shape index (κ1) is 46.8. The third-order valence-corrected chi connectivity index (χ3v) is 11.0. The Kier molecular flexibility index (Phi) is 19.9. The van der Waals surface area contributed by atoms with Crippen LogP contribution in [-0.2, 0) is 41.6 Å². The van der Waals surface area contributed by atoms with Gasteiger partial charge in [-0.3, -0.25) is 28.8 Å². The number of carbonyl (C=O) groups excluding carboxylic acids is 6. The molecule has 3 rings (SSSR count). The summed E-state index contributed by atoms with van der Waals surface area (Å²) in [4.78, 5) is 82.9. The summed E-state index contributed by atoms with van der Waals surface area (Å²) < 4.78 is 0. The number of nitrogens with zero attached hydrogens (tertiary/aromatic N) is 1. The van der Waals surface area contributed by atoms with E-state index in [0.29, 0.717) is 12.5 Å². The maximum Gasteiger partial charge on any atom is 0.243 e. The number of nitrogens with two attached hydrogens (primary N) is 1. The number of benzene rings is 2. The van der Waals surface area contributed by atoms with E-state index in [9.17, 15) is 33.9 Å². The predicted molar refractivity (Wildman–Crippen MR) is 220 cm³/mol. The monoisotopic (exact) mass is 790 g/mol. The number of unbranched alkanes of at least 4 members (excludes halogenated alkanes) is 1. The van der Waals surface area contributed by atoms with Crippen LogP contribution in [0, 0.1) is 11.8 Å². The van der Waals surface area contributed by atoms with E-state index in [-0.39, 0.29) is 37.5 Å². The highest BCUT2D eigenvalue weighted by molar-refractivity contribution is 5.96. The molecule has 0 saturated heterocycles. The van der Waals surface area contributed by atoms with Crippen LogP contribution in [0.5, 0.6) is 0 Å². The van der Waals surface area contributed by atoms with Crippen LogP contribution in [0.25, 0.3) is 0 Å². The van der Waals surface area contributed by atoms with Crippen molar-refractivity contribution in [3.8, 4) is 0 Å². The van der Waals surface area contributed by atoms with Gasteiger partial charge < -0.3 is 37.0 Å². The highest BCUT2D eigenvalue weighted by Gasteiger charge is 2.33. The standard InChI is InChI=1S/C44H66N6O7/c1-6-50(29(2)3)25-17-16-24-36(39(52)28-35(31(5)51)40(45)53)47-44(57)38(27-33-20-12-8-13-21-33)48-41(54)30(4)46-43(56)37(26-32-18-10-7-11-19-32)49-42(55)34-22-14-9-15-23-34/h7-8,10-13,18-21,29-31,34-38,51H,6,9,14-17,22-28H2,1-5H3,(H2,45,53)(H,46,56)(H,47,57)(H,48,54)(H,49,55)/t30-,31+,35-,36-,37-,38-/m0/s1. The fourth-order valence-electron chi connectivity index (χ4n) is 7.35. The van der Waals surface area contributed by atoms with Gasteiger partial charge in [0.15, 0.2) is 5.78 Å². The Balaban J connectivity index is 1.79. The quantitative estimate of drug-likeness (QED) is 0.0870. The molecule has 0 unspecified atom stereocenters. The first-order valence-corrected chi connectivity index (χ1v) is 20.7. The van der Waals surface area contributed by atoms with E-state index in [2.05, 4.69) is 46.9 Å². The number of aliphatic hydroxyl groups is 1. The molecule has 1 saturated carbocycles. The Morgan fingerprint density at radius 2 is 1.25 bits per heavy atom. The average molecular weight is 791 g/mol. The summed E-state index contributed by atoms with van der Waals surface area (Å²) in [5, 5.41) is 21.5. The minimum absolute atomic E-state index is 0.0888. The van der Waals surface area contributed by atoms with E-state index in [1.165, 1.54) is 13.8 Å².